The van der Waals surface area contributed by atoms with E-state index in [1.807, 2.05) is 11.3 Å². The lowest BCUT2D eigenvalue weighted by atomic mass is 10.3. The molecule has 1 aromatic heterocycles. The average Bonchev–Trinajstić information content (AvgIpc) is 2.73. The quantitative estimate of drug-likeness (QED) is 0.895. The number of piperazine rings is 1. The maximum absolute atomic E-state index is 3.39. The lowest BCUT2D eigenvalue weighted by molar-refractivity contribution is 0.203. The first-order valence-corrected chi connectivity index (χ1v) is 7.22. The van der Waals surface area contributed by atoms with E-state index < -0.39 is 0 Å². The molecule has 19 heavy (non-hydrogen) atoms. The van der Waals surface area contributed by atoms with Crippen LogP contribution in [-0.4, -0.2) is 56.1 Å². The van der Waals surface area contributed by atoms with Crippen molar-refractivity contribution in [2.75, 3.05) is 46.3 Å². The molecule has 0 saturated carbocycles. The summed E-state index contributed by atoms with van der Waals surface area (Å²) >= 11 is 1.91. The zero-order chi connectivity index (χ0) is 12.1. The highest BCUT2D eigenvalue weighted by molar-refractivity contribution is 7.11. The van der Waals surface area contributed by atoms with E-state index in [1.165, 1.54) is 29.4 Å². The third-order valence-electron chi connectivity index (χ3n) is 3.23. The molecule has 1 aliphatic heterocycles. The maximum Gasteiger partial charge on any atom is 0.0325 e. The molecule has 1 aromatic rings. The van der Waals surface area contributed by atoms with Crippen molar-refractivity contribution in [1.82, 2.24) is 15.1 Å². The standard InChI is InChI=1S/C13H23N3S.2ClH/c1-12-3-4-13(17-12)11-15(2)9-10-16-7-5-14-6-8-16;;/h3-4,14H,5-11H2,1-2H3;2*1H. The second-order valence-electron chi connectivity index (χ2n) is 4.84. The normalized spacial score (nSPS) is 15.9. The van der Waals surface area contributed by atoms with E-state index in [-0.39, 0.29) is 24.8 Å². The minimum Gasteiger partial charge on any atom is -0.314 e. The first-order valence-electron chi connectivity index (χ1n) is 6.41. The summed E-state index contributed by atoms with van der Waals surface area (Å²) in [5, 5.41) is 3.39. The number of nitrogens with zero attached hydrogens (tertiary/aromatic N) is 2. The Balaban J connectivity index is 0.00000162. The van der Waals surface area contributed by atoms with E-state index >= 15 is 0 Å². The van der Waals surface area contributed by atoms with E-state index in [0.29, 0.717) is 0 Å². The van der Waals surface area contributed by atoms with Gasteiger partial charge in [0.05, 0.1) is 0 Å². The summed E-state index contributed by atoms with van der Waals surface area (Å²) in [4.78, 5) is 7.86. The molecule has 0 amide bonds. The fraction of sp³-hybridized carbons (Fsp3) is 0.692. The highest BCUT2D eigenvalue weighted by Gasteiger charge is 2.10. The van der Waals surface area contributed by atoms with Gasteiger partial charge in [-0.25, -0.2) is 0 Å². The summed E-state index contributed by atoms with van der Waals surface area (Å²) in [5.74, 6) is 0. The van der Waals surface area contributed by atoms with Crippen molar-refractivity contribution in [3.63, 3.8) is 0 Å². The van der Waals surface area contributed by atoms with Gasteiger partial charge in [0.25, 0.3) is 0 Å². The van der Waals surface area contributed by atoms with Crippen LogP contribution in [0, 0.1) is 6.92 Å². The molecule has 2 heterocycles. The van der Waals surface area contributed by atoms with Crippen LogP contribution in [0.2, 0.25) is 0 Å². The molecular weight excluding hydrogens is 301 g/mol. The van der Waals surface area contributed by atoms with E-state index in [4.69, 9.17) is 0 Å². The average molecular weight is 326 g/mol. The van der Waals surface area contributed by atoms with Gasteiger partial charge in [-0.05, 0) is 26.1 Å². The predicted molar refractivity (Wildman–Crippen MR) is 89.2 cm³/mol. The maximum atomic E-state index is 3.39. The van der Waals surface area contributed by atoms with Crippen LogP contribution in [-0.2, 0) is 6.54 Å². The number of aryl methyl sites for hydroxylation is 1. The summed E-state index contributed by atoms with van der Waals surface area (Å²) in [6, 6.07) is 4.46. The number of rotatable bonds is 5. The number of hydrogen-bond acceptors (Lipinski definition) is 4. The second kappa shape index (κ2) is 9.97. The summed E-state index contributed by atoms with van der Waals surface area (Å²) in [6.07, 6.45) is 0. The molecule has 0 unspecified atom stereocenters. The van der Waals surface area contributed by atoms with Crippen LogP contribution in [0.25, 0.3) is 0 Å². The highest BCUT2D eigenvalue weighted by atomic mass is 35.5. The van der Waals surface area contributed by atoms with Crippen LogP contribution in [0.15, 0.2) is 12.1 Å². The first-order chi connectivity index (χ1) is 8.24. The van der Waals surface area contributed by atoms with Gasteiger partial charge in [0.2, 0.25) is 0 Å². The summed E-state index contributed by atoms with van der Waals surface area (Å²) in [7, 11) is 2.22. The number of halogens is 2. The van der Waals surface area contributed by atoms with Crippen LogP contribution in [0.3, 0.4) is 0 Å². The Morgan fingerprint density at radius 1 is 1.26 bits per heavy atom. The Kier molecular flexibility index (Phi) is 10.1. The molecule has 0 aliphatic carbocycles. The van der Waals surface area contributed by atoms with Crippen molar-refractivity contribution in [1.29, 1.82) is 0 Å². The van der Waals surface area contributed by atoms with Crippen LogP contribution < -0.4 is 5.32 Å². The van der Waals surface area contributed by atoms with E-state index in [1.54, 1.807) is 0 Å². The molecule has 0 spiro atoms. The van der Waals surface area contributed by atoms with Crippen molar-refractivity contribution in [3.05, 3.63) is 21.9 Å². The minimum atomic E-state index is 0. The van der Waals surface area contributed by atoms with Gasteiger partial charge in [-0.1, -0.05) is 0 Å². The van der Waals surface area contributed by atoms with Crippen molar-refractivity contribution in [2.24, 2.45) is 0 Å². The van der Waals surface area contributed by atoms with E-state index in [2.05, 4.69) is 41.2 Å². The van der Waals surface area contributed by atoms with Crippen LogP contribution in [0.4, 0.5) is 0 Å². The van der Waals surface area contributed by atoms with Gasteiger partial charge in [-0.3, -0.25) is 4.90 Å². The Hall–Kier alpha value is 0.160. The van der Waals surface area contributed by atoms with Crippen LogP contribution in [0.5, 0.6) is 0 Å². The smallest absolute Gasteiger partial charge is 0.0325 e. The Labute approximate surface area is 133 Å². The molecule has 3 nitrogen and oxygen atoms in total. The Morgan fingerprint density at radius 3 is 2.53 bits per heavy atom. The zero-order valence-electron chi connectivity index (χ0n) is 11.7. The molecule has 1 N–H and O–H groups in total. The van der Waals surface area contributed by atoms with Crippen molar-refractivity contribution < 1.29 is 0 Å². The van der Waals surface area contributed by atoms with Gasteiger partial charge in [0, 0.05) is 55.6 Å². The van der Waals surface area contributed by atoms with Crippen LogP contribution in [0.1, 0.15) is 9.75 Å². The SMILES string of the molecule is Cc1ccc(CN(C)CCN2CCNCC2)s1.Cl.Cl. The van der Waals surface area contributed by atoms with Gasteiger partial charge < -0.3 is 10.2 Å². The lowest BCUT2D eigenvalue weighted by Gasteiger charge is -2.28. The monoisotopic (exact) mass is 325 g/mol. The van der Waals surface area contributed by atoms with Gasteiger partial charge >= 0.3 is 0 Å². The third kappa shape index (κ3) is 6.93. The Bertz CT molecular complexity index is 340. The van der Waals surface area contributed by atoms with Gasteiger partial charge in [0.1, 0.15) is 0 Å². The van der Waals surface area contributed by atoms with E-state index in [0.717, 1.165) is 26.2 Å². The molecule has 0 bridgehead atoms. The predicted octanol–water partition coefficient (Wildman–Crippen LogP) is 2.24. The molecule has 1 saturated heterocycles. The topological polar surface area (TPSA) is 18.5 Å². The fourth-order valence-corrected chi connectivity index (χ4v) is 3.13. The molecule has 1 fully saturated rings. The summed E-state index contributed by atoms with van der Waals surface area (Å²) in [5.41, 5.74) is 0. The molecule has 112 valence electrons. The van der Waals surface area contributed by atoms with Gasteiger partial charge in [-0.2, -0.15) is 0 Å². The number of thiophene rings is 1. The molecule has 0 radical (unpaired) electrons. The first kappa shape index (κ1) is 19.2. The van der Waals surface area contributed by atoms with Crippen molar-refractivity contribution in [3.8, 4) is 0 Å². The molecule has 1 aliphatic rings. The molecule has 0 atom stereocenters. The van der Waals surface area contributed by atoms with Gasteiger partial charge in [0.15, 0.2) is 0 Å². The number of nitrogens with one attached hydrogen (secondary N) is 1. The van der Waals surface area contributed by atoms with Crippen molar-refractivity contribution >= 4 is 36.2 Å². The van der Waals surface area contributed by atoms with Gasteiger partial charge in [-0.15, -0.1) is 36.2 Å². The highest BCUT2D eigenvalue weighted by Crippen LogP contribution is 2.16. The van der Waals surface area contributed by atoms with Crippen LogP contribution >= 0.6 is 36.2 Å². The molecular formula is C13H25Cl2N3S. The van der Waals surface area contributed by atoms with E-state index in [9.17, 15) is 0 Å². The molecule has 0 aromatic carbocycles. The fourth-order valence-electron chi connectivity index (χ4n) is 2.16. The number of hydrogen-bond donors (Lipinski definition) is 1. The summed E-state index contributed by atoms with van der Waals surface area (Å²) in [6.45, 7) is 10.3. The number of likely N-dealkylation sites (N-methyl/N-ethyl adjacent to an activating group) is 1. The summed E-state index contributed by atoms with van der Waals surface area (Å²) < 4.78 is 0. The second-order valence-corrected chi connectivity index (χ2v) is 6.21. The minimum absolute atomic E-state index is 0. The third-order valence-corrected chi connectivity index (χ3v) is 4.21. The lowest BCUT2D eigenvalue weighted by Crippen LogP contribution is -2.45. The molecule has 6 heteroatoms. The largest absolute Gasteiger partial charge is 0.314 e. The molecule has 2 rings (SSSR count). The zero-order valence-corrected chi connectivity index (χ0v) is 14.2. The van der Waals surface area contributed by atoms with Crippen molar-refractivity contribution in [2.45, 2.75) is 13.5 Å². The Morgan fingerprint density at radius 2 is 1.95 bits per heavy atom.